The van der Waals surface area contributed by atoms with Gasteiger partial charge >= 0.3 is 0 Å². The van der Waals surface area contributed by atoms with Crippen molar-refractivity contribution in [3.8, 4) is 0 Å². The van der Waals surface area contributed by atoms with E-state index in [0.717, 1.165) is 89.2 Å². The van der Waals surface area contributed by atoms with E-state index in [2.05, 4.69) is 51.8 Å². The lowest BCUT2D eigenvalue weighted by atomic mass is 9.55. The number of nitrogens with zero attached hydrogens (tertiary/aromatic N) is 2. The van der Waals surface area contributed by atoms with Gasteiger partial charge in [-0.2, -0.15) is 0 Å². The Hall–Kier alpha value is -0.710. The van der Waals surface area contributed by atoms with Gasteiger partial charge < -0.3 is 25.0 Å². The molecular formula is C37H62IN3O4. The molecule has 0 saturated heterocycles. The van der Waals surface area contributed by atoms with E-state index in [1.54, 1.807) is 0 Å². The number of carbonyl (C=O) groups excluding carboxylic acids is 2. The zero-order chi connectivity index (χ0) is 32.0. The highest BCUT2D eigenvalue weighted by Crippen LogP contribution is 2.56. The molecule has 3 fully saturated rings. The van der Waals surface area contributed by atoms with Gasteiger partial charge in [0.15, 0.2) is 0 Å². The van der Waals surface area contributed by atoms with Gasteiger partial charge in [0.1, 0.15) is 0 Å². The van der Waals surface area contributed by atoms with Crippen LogP contribution in [0.5, 0.6) is 0 Å². The molecule has 5 aliphatic rings. The van der Waals surface area contributed by atoms with E-state index in [4.69, 9.17) is 4.74 Å². The Morgan fingerprint density at radius 3 is 2.36 bits per heavy atom. The van der Waals surface area contributed by atoms with Crippen molar-refractivity contribution in [2.24, 2.45) is 29.1 Å². The highest BCUT2D eigenvalue weighted by Gasteiger charge is 2.60. The minimum absolute atomic E-state index is 0.125. The number of hydrogen-bond acceptors (Lipinski definition) is 5. The Kier molecular flexibility index (Phi) is 13.1. The van der Waals surface area contributed by atoms with Crippen LogP contribution in [-0.2, 0) is 14.3 Å². The van der Waals surface area contributed by atoms with E-state index < -0.39 is 5.41 Å². The molecule has 0 bridgehead atoms. The van der Waals surface area contributed by atoms with Gasteiger partial charge in [0.05, 0.1) is 17.6 Å². The smallest absolute Gasteiger partial charge is 0.250 e. The molecule has 4 unspecified atom stereocenters. The van der Waals surface area contributed by atoms with E-state index >= 15 is 4.79 Å². The van der Waals surface area contributed by atoms with Gasteiger partial charge in [-0.05, 0) is 134 Å². The molecular weight excluding hydrogens is 677 g/mol. The minimum atomic E-state index is -0.679. The molecule has 2 amide bonds. The Labute approximate surface area is 287 Å². The number of nitrogens with one attached hydrogen (secondary N) is 1. The molecule has 3 saturated carbocycles. The average Bonchev–Trinajstić information content (AvgIpc) is 3.06. The molecule has 0 spiro atoms. The number of rotatable bonds is 12. The maximum atomic E-state index is 15.3. The number of aliphatic hydroxyl groups is 1. The first kappa shape index (κ1) is 35.6. The molecule has 1 aliphatic heterocycles. The third-order valence-electron chi connectivity index (χ3n) is 12.4. The lowest BCUT2D eigenvalue weighted by molar-refractivity contribution is -0.150. The van der Waals surface area contributed by atoms with Crippen LogP contribution in [0.3, 0.4) is 0 Å². The number of amides is 2. The van der Waals surface area contributed by atoms with Crippen molar-refractivity contribution in [3.63, 3.8) is 0 Å². The van der Waals surface area contributed by atoms with Crippen molar-refractivity contribution in [3.05, 3.63) is 11.1 Å². The fourth-order valence-corrected chi connectivity index (χ4v) is 11.1. The summed E-state index contributed by atoms with van der Waals surface area (Å²) in [5.41, 5.74) is 1.52. The number of alkyl halides is 1. The van der Waals surface area contributed by atoms with Crippen molar-refractivity contribution >= 4 is 34.4 Å². The molecule has 6 atom stereocenters. The van der Waals surface area contributed by atoms with E-state index in [9.17, 15) is 9.90 Å². The molecule has 0 aromatic carbocycles. The number of methoxy groups -OCH3 is 1. The second-order valence-corrected chi connectivity index (χ2v) is 17.1. The van der Waals surface area contributed by atoms with Crippen LogP contribution in [0.2, 0.25) is 0 Å². The Bertz CT molecular complexity index is 1030. The van der Waals surface area contributed by atoms with Gasteiger partial charge in [0, 0.05) is 42.2 Å². The fourth-order valence-electron chi connectivity index (χ4n) is 10.0. The summed E-state index contributed by atoms with van der Waals surface area (Å²) in [6.45, 7) is 2.56. The minimum Gasteiger partial charge on any atom is -0.396 e. The van der Waals surface area contributed by atoms with Crippen LogP contribution >= 0.6 is 22.6 Å². The normalized spacial score (nSPS) is 36.3. The Morgan fingerprint density at radius 2 is 1.67 bits per heavy atom. The monoisotopic (exact) mass is 739 g/mol. The standard InChI is InChI=1S/C37H62IN3O4/c1-40(2)22-10-21-39-36(44)37(23-28-11-4-8-15-32(28)38)31-14-7-6-13-30(31)35(43)41(24-29-12-5-9-16-33(29)45-3)34(37)27-19-17-26(25-42)18-20-27/h26-29,32-34,42H,4-25H2,1-3H3,(H,39,44)/t26?,27?,28?,29?,32?,33?,34-,37-/m0/s1. The van der Waals surface area contributed by atoms with Crippen LogP contribution in [-0.4, -0.2) is 90.2 Å². The molecule has 8 heteroatoms. The van der Waals surface area contributed by atoms with Gasteiger partial charge in [-0.3, -0.25) is 9.59 Å². The molecule has 45 heavy (non-hydrogen) atoms. The lowest BCUT2D eigenvalue weighted by Crippen LogP contribution is -2.66. The van der Waals surface area contributed by atoms with Crippen LogP contribution in [0.4, 0.5) is 0 Å². The maximum absolute atomic E-state index is 15.3. The van der Waals surface area contributed by atoms with E-state index in [-0.39, 0.29) is 36.5 Å². The topological polar surface area (TPSA) is 82.1 Å². The van der Waals surface area contributed by atoms with E-state index in [0.29, 0.717) is 34.8 Å². The van der Waals surface area contributed by atoms with Gasteiger partial charge in [0.25, 0.3) is 0 Å². The molecule has 0 aromatic heterocycles. The lowest BCUT2D eigenvalue weighted by Gasteiger charge is -2.57. The third kappa shape index (κ3) is 7.96. The van der Waals surface area contributed by atoms with Gasteiger partial charge in [-0.25, -0.2) is 0 Å². The first-order chi connectivity index (χ1) is 21.8. The van der Waals surface area contributed by atoms with Crippen molar-refractivity contribution < 1.29 is 19.4 Å². The zero-order valence-electron chi connectivity index (χ0n) is 28.5. The van der Waals surface area contributed by atoms with Crippen molar-refractivity contribution in [1.82, 2.24) is 15.1 Å². The van der Waals surface area contributed by atoms with Crippen LogP contribution in [0.1, 0.15) is 116 Å². The van der Waals surface area contributed by atoms with Crippen LogP contribution < -0.4 is 5.32 Å². The summed E-state index contributed by atoms with van der Waals surface area (Å²) < 4.78 is 6.62. The molecule has 7 nitrogen and oxygen atoms in total. The number of carbonyl (C=O) groups is 2. The quantitative estimate of drug-likeness (QED) is 0.136. The molecule has 5 rings (SSSR count). The molecule has 4 aliphatic carbocycles. The summed E-state index contributed by atoms with van der Waals surface area (Å²) in [5, 5.41) is 13.6. The Morgan fingerprint density at radius 1 is 0.978 bits per heavy atom. The highest BCUT2D eigenvalue weighted by atomic mass is 127. The number of hydrogen-bond donors (Lipinski definition) is 2. The van der Waals surface area contributed by atoms with E-state index in [1.807, 2.05) is 7.11 Å². The Balaban J connectivity index is 1.62. The van der Waals surface area contributed by atoms with Crippen molar-refractivity contribution in [2.45, 2.75) is 132 Å². The largest absolute Gasteiger partial charge is 0.396 e. The first-order valence-electron chi connectivity index (χ1n) is 18.5. The zero-order valence-corrected chi connectivity index (χ0v) is 30.7. The molecule has 256 valence electrons. The van der Waals surface area contributed by atoms with Gasteiger partial charge in [-0.15, -0.1) is 0 Å². The average molecular weight is 740 g/mol. The number of aliphatic hydroxyl groups excluding tert-OH is 1. The molecule has 2 N–H and O–H groups in total. The maximum Gasteiger partial charge on any atom is 0.250 e. The molecule has 0 aromatic rings. The van der Waals surface area contributed by atoms with Crippen LogP contribution in [0.25, 0.3) is 0 Å². The second-order valence-electron chi connectivity index (χ2n) is 15.5. The number of ether oxygens (including phenoxy) is 1. The SMILES string of the molecule is COC1CCCCC1CN1C(=O)C2=C(CCCC2)[C@](CC2CCCCC2I)(C(=O)NCCCN(C)C)[C@@H]1C1CCC(CO)CC1. The van der Waals surface area contributed by atoms with Gasteiger partial charge in [-0.1, -0.05) is 48.3 Å². The number of halogens is 1. The molecule has 0 radical (unpaired) electrons. The predicted molar refractivity (Wildman–Crippen MR) is 189 cm³/mol. The van der Waals surface area contributed by atoms with Crippen molar-refractivity contribution in [1.29, 1.82) is 0 Å². The molecule has 1 heterocycles. The summed E-state index contributed by atoms with van der Waals surface area (Å²) in [4.78, 5) is 34.6. The predicted octanol–water partition coefficient (Wildman–Crippen LogP) is 6.51. The third-order valence-corrected chi connectivity index (χ3v) is 14.0. The fraction of sp³-hybridized carbons (Fsp3) is 0.892. The summed E-state index contributed by atoms with van der Waals surface area (Å²) in [5.74, 6) is 1.81. The summed E-state index contributed by atoms with van der Waals surface area (Å²) in [6.07, 6.45) is 19.1. The summed E-state index contributed by atoms with van der Waals surface area (Å²) >= 11 is 2.69. The van der Waals surface area contributed by atoms with Crippen LogP contribution in [0, 0.1) is 29.1 Å². The highest BCUT2D eigenvalue weighted by molar-refractivity contribution is 14.1. The second kappa shape index (κ2) is 16.6. The van der Waals surface area contributed by atoms with Crippen LogP contribution in [0.15, 0.2) is 11.1 Å². The summed E-state index contributed by atoms with van der Waals surface area (Å²) in [7, 11) is 6.02. The van der Waals surface area contributed by atoms with Gasteiger partial charge in [0.2, 0.25) is 11.8 Å². The first-order valence-corrected chi connectivity index (χ1v) is 19.8. The summed E-state index contributed by atoms with van der Waals surface area (Å²) in [6, 6.07) is -0.125. The van der Waals surface area contributed by atoms with Crippen molar-refractivity contribution in [2.75, 3.05) is 47.4 Å². The van der Waals surface area contributed by atoms with E-state index in [1.165, 1.54) is 44.1 Å².